The van der Waals surface area contributed by atoms with Gasteiger partial charge in [0.1, 0.15) is 21.8 Å². The lowest BCUT2D eigenvalue weighted by atomic mass is 10.0. The van der Waals surface area contributed by atoms with Crippen LogP contribution in [0.15, 0.2) is 40.0 Å². The number of nitriles is 1. The number of anilines is 2. The zero-order chi connectivity index (χ0) is 30.1. The summed E-state index contributed by atoms with van der Waals surface area (Å²) in [6.45, 7) is 10.4. The lowest BCUT2D eigenvalue weighted by Crippen LogP contribution is -2.48. The number of carbonyl (C=O) groups is 1. The van der Waals surface area contributed by atoms with E-state index in [0.717, 1.165) is 63.2 Å². The first kappa shape index (κ1) is 31.8. The largest absolute Gasteiger partial charge is 0.368 e. The zero-order valence-corrected chi connectivity index (χ0v) is 26.9. The molecule has 2 fully saturated rings. The highest BCUT2D eigenvalue weighted by atomic mass is 32.2. The summed E-state index contributed by atoms with van der Waals surface area (Å²) < 4.78 is 2.35. The van der Waals surface area contributed by atoms with Crippen molar-refractivity contribution in [2.45, 2.75) is 78.7 Å². The number of carbonyl (C=O) groups excluding carboxylic acids is 1. The van der Waals surface area contributed by atoms with Crippen LogP contribution < -0.4 is 15.4 Å². The maximum atomic E-state index is 13.6. The molecule has 0 unspecified atom stereocenters. The summed E-state index contributed by atoms with van der Waals surface area (Å²) in [6, 6.07) is 12.5. The van der Waals surface area contributed by atoms with Crippen molar-refractivity contribution in [3.05, 3.63) is 62.3 Å². The Kier molecular flexibility index (Phi) is 11.7. The third-order valence-corrected chi connectivity index (χ3v) is 9.54. The number of thiocarbonyl (C=S) groups is 1. The molecule has 2 aliphatic heterocycles. The Hall–Kier alpha value is -3.09. The Bertz CT molecular complexity index is 1390. The van der Waals surface area contributed by atoms with E-state index >= 15 is 0 Å². The summed E-state index contributed by atoms with van der Waals surface area (Å²) in [5, 5.41) is 10.0. The first-order chi connectivity index (χ1) is 20.4. The molecule has 0 aliphatic carbocycles. The zero-order valence-electron chi connectivity index (χ0n) is 25.2. The van der Waals surface area contributed by atoms with Crippen molar-refractivity contribution in [2.75, 3.05) is 42.5 Å². The highest BCUT2D eigenvalue weighted by Crippen LogP contribution is 2.36. The molecule has 42 heavy (non-hydrogen) atoms. The van der Waals surface area contributed by atoms with E-state index in [4.69, 9.17) is 12.2 Å². The molecule has 1 amide bonds. The van der Waals surface area contributed by atoms with Crippen LogP contribution in [0.4, 0.5) is 11.5 Å². The predicted octanol–water partition coefficient (Wildman–Crippen LogP) is 6.72. The average molecular weight is 606 g/mol. The van der Waals surface area contributed by atoms with Crippen LogP contribution >= 0.6 is 24.0 Å². The minimum atomic E-state index is -0.253. The minimum Gasteiger partial charge on any atom is -0.368 e. The van der Waals surface area contributed by atoms with Crippen LogP contribution in [0.25, 0.3) is 6.08 Å². The van der Waals surface area contributed by atoms with Gasteiger partial charge in [0.05, 0.1) is 4.91 Å². The van der Waals surface area contributed by atoms with Gasteiger partial charge in [-0.2, -0.15) is 5.26 Å². The lowest BCUT2D eigenvalue weighted by molar-refractivity contribution is -0.122. The monoisotopic (exact) mass is 605 g/mol. The second-order valence-corrected chi connectivity index (χ2v) is 12.7. The number of thioether (sulfide) groups is 1. The first-order valence-corrected chi connectivity index (χ1v) is 16.6. The van der Waals surface area contributed by atoms with Crippen LogP contribution in [0.2, 0.25) is 0 Å². The molecule has 3 heterocycles. The van der Waals surface area contributed by atoms with E-state index in [1.54, 1.807) is 9.47 Å². The maximum Gasteiger partial charge on any atom is 0.270 e. The van der Waals surface area contributed by atoms with Gasteiger partial charge in [-0.25, -0.2) is 0 Å². The second kappa shape index (κ2) is 15.4. The van der Waals surface area contributed by atoms with Crippen LogP contribution in [0.1, 0.15) is 81.9 Å². The average Bonchev–Trinajstić information content (AvgIpc) is 3.27. The number of para-hydroxylation sites is 1. The number of piperazine rings is 1. The summed E-state index contributed by atoms with van der Waals surface area (Å²) in [6.07, 6.45) is 10.5. The highest BCUT2D eigenvalue weighted by molar-refractivity contribution is 8.26. The number of nitrogens with zero attached hydrogens (tertiary/aromatic N) is 5. The summed E-state index contributed by atoms with van der Waals surface area (Å²) in [5.74, 6) is 0.724. The van der Waals surface area contributed by atoms with Crippen molar-refractivity contribution < 1.29 is 4.79 Å². The molecule has 0 atom stereocenters. The number of rotatable bonds is 13. The molecule has 0 radical (unpaired) electrons. The van der Waals surface area contributed by atoms with Crippen LogP contribution in [-0.4, -0.2) is 52.4 Å². The van der Waals surface area contributed by atoms with Gasteiger partial charge < -0.3 is 9.80 Å². The summed E-state index contributed by atoms with van der Waals surface area (Å²) in [7, 11) is 0. The van der Waals surface area contributed by atoms with Gasteiger partial charge >= 0.3 is 0 Å². The van der Waals surface area contributed by atoms with Crippen LogP contribution in [-0.2, 0) is 11.3 Å². The van der Waals surface area contributed by atoms with Gasteiger partial charge in [-0.15, -0.1) is 0 Å². The van der Waals surface area contributed by atoms with Crippen molar-refractivity contribution in [2.24, 2.45) is 0 Å². The number of hydrogen-bond donors (Lipinski definition) is 0. The Morgan fingerprint density at radius 2 is 1.55 bits per heavy atom. The smallest absolute Gasteiger partial charge is 0.270 e. The van der Waals surface area contributed by atoms with Crippen molar-refractivity contribution in [1.29, 1.82) is 5.26 Å². The third-order valence-electron chi connectivity index (χ3n) is 8.17. The highest BCUT2D eigenvalue weighted by Gasteiger charge is 2.33. The SMILES string of the molecule is CCCCCCCCN1C(=O)C(=Cc2c(C)c(C#N)c(=O)n(CCCC)c2N2CCN(c3ccccc3)CC2)SC1=S. The summed E-state index contributed by atoms with van der Waals surface area (Å²) in [5.41, 5.74) is 2.47. The molecule has 7 nitrogen and oxygen atoms in total. The van der Waals surface area contributed by atoms with Gasteiger partial charge in [-0.3, -0.25) is 19.1 Å². The lowest BCUT2D eigenvalue weighted by Gasteiger charge is -2.39. The maximum absolute atomic E-state index is 13.6. The predicted molar refractivity (Wildman–Crippen MR) is 179 cm³/mol. The summed E-state index contributed by atoms with van der Waals surface area (Å²) >= 11 is 6.96. The minimum absolute atomic E-state index is 0.0809. The van der Waals surface area contributed by atoms with E-state index in [2.05, 4.69) is 54.0 Å². The molecule has 224 valence electrons. The van der Waals surface area contributed by atoms with Crippen molar-refractivity contribution >= 4 is 51.8 Å². The molecule has 1 aromatic carbocycles. The van der Waals surface area contributed by atoms with Gasteiger partial charge in [-0.05, 0) is 43.5 Å². The number of unbranched alkanes of at least 4 members (excludes halogenated alkanes) is 6. The van der Waals surface area contributed by atoms with Crippen molar-refractivity contribution in [1.82, 2.24) is 9.47 Å². The standard InChI is InChI=1S/C33H43N5O2S2/c1-4-6-8-9-10-14-18-38-32(40)29(42-33(38)41)23-27-25(3)28(24-34)31(39)37(17-7-5-2)30(27)36-21-19-35(20-22-36)26-15-12-11-13-16-26/h11-13,15-16,23H,4-10,14,17-22H2,1-3H3. The molecular formula is C33H43N5O2S2. The fourth-order valence-corrected chi connectivity index (χ4v) is 6.99. The van der Waals surface area contributed by atoms with E-state index in [0.29, 0.717) is 27.9 Å². The Balaban J connectivity index is 1.66. The fraction of sp³-hybridized carbons (Fsp3) is 0.515. The third kappa shape index (κ3) is 7.27. The molecule has 2 aliphatic rings. The van der Waals surface area contributed by atoms with Crippen LogP contribution in [0.3, 0.4) is 0 Å². The van der Waals surface area contributed by atoms with Crippen LogP contribution in [0, 0.1) is 18.3 Å². The molecule has 4 rings (SSSR count). The number of amides is 1. The Morgan fingerprint density at radius 3 is 2.21 bits per heavy atom. The van der Waals surface area contributed by atoms with Gasteiger partial charge in [-0.1, -0.05) is 94.6 Å². The first-order valence-electron chi connectivity index (χ1n) is 15.4. The van der Waals surface area contributed by atoms with Gasteiger partial charge in [0, 0.05) is 50.5 Å². The van der Waals surface area contributed by atoms with E-state index in [9.17, 15) is 14.9 Å². The van der Waals surface area contributed by atoms with Gasteiger partial charge in [0.2, 0.25) is 0 Å². The molecule has 2 saturated heterocycles. The van der Waals surface area contributed by atoms with E-state index in [1.165, 1.54) is 43.1 Å². The number of pyridine rings is 1. The van der Waals surface area contributed by atoms with Gasteiger partial charge in [0.15, 0.2) is 0 Å². The Labute approximate surface area is 260 Å². The van der Waals surface area contributed by atoms with Crippen molar-refractivity contribution in [3.63, 3.8) is 0 Å². The molecule has 0 saturated carbocycles. The quantitative estimate of drug-likeness (QED) is 0.143. The molecule has 1 aromatic heterocycles. The number of benzene rings is 1. The number of aromatic nitrogens is 1. The summed E-state index contributed by atoms with van der Waals surface area (Å²) in [4.78, 5) is 34.1. The molecule has 2 aromatic rings. The Morgan fingerprint density at radius 1 is 0.905 bits per heavy atom. The molecule has 0 bridgehead atoms. The van der Waals surface area contributed by atoms with E-state index in [1.807, 2.05) is 19.1 Å². The second-order valence-electron chi connectivity index (χ2n) is 11.1. The van der Waals surface area contributed by atoms with Crippen molar-refractivity contribution in [3.8, 4) is 6.07 Å². The van der Waals surface area contributed by atoms with E-state index in [-0.39, 0.29) is 17.0 Å². The normalized spacial score (nSPS) is 16.5. The molecule has 0 spiro atoms. The fourth-order valence-electron chi connectivity index (χ4n) is 5.70. The van der Waals surface area contributed by atoms with E-state index < -0.39 is 0 Å². The molecule has 0 N–H and O–H groups in total. The topological polar surface area (TPSA) is 72.6 Å². The molecule has 9 heteroatoms. The number of hydrogen-bond acceptors (Lipinski definition) is 7. The molecular weight excluding hydrogens is 563 g/mol. The van der Waals surface area contributed by atoms with Crippen LogP contribution in [0.5, 0.6) is 0 Å². The van der Waals surface area contributed by atoms with Gasteiger partial charge in [0.25, 0.3) is 11.5 Å².